The van der Waals surface area contributed by atoms with Gasteiger partial charge in [0.2, 0.25) is 0 Å². The molecule has 0 unspecified atom stereocenters. The minimum atomic E-state index is -1.02. The van der Waals surface area contributed by atoms with Gasteiger partial charge in [-0.3, -0.25) is 9.59 Å². The molecule has 5 nitrogen and oxygen atoms in total. The van der Waals surface area contributed by atoms with Crippen molar-refractivity contribution >= 4 is 35.5 Å². The lowest BCUT2D eigenvalue weighted by Crippen LogP contribution is -2.22. The Morgan fingerprint density at radius 2 is 1.05 bits per heavy atom. The largest absolute Gasteiger partial charge is 0.507 e. The number of hydrogen-bond acceptors (Lipinski definition) is 6. The molecular weight excluding hydrogens is 565 g/mol. The smallest absolute Gasteiger partial charge is 0.311 e. The number of carbonyl (C=O) groups excluding carboxylic acids is 1. The number of carboxylic acid groups (broad SMARTS) is 1. The summed E-state index contributed by atoms with van der Waals surface area (Å²) in [5.41, 5.74) is 2.84. The summed E-state index contributed by atoms with van der Waals surface area (Å²) in [5.74, 6) is -0.596. The Bertz CT molecular complexity index is 1270. The maximum absolute atomic E-state index is 12.7. The summed E-state index contributed by atoms with van der Waals surface area (Å²) < 4.78 is 5.91. The van der Waals surface area contributed by atoms with Crippen LogP contribution in [0.5, 0.6) is 11.5 Å². The second-order valence-electron chi connectivity index (χ2n) is 15.7. The molecular formula is C35H50O5S2. The van der Waals surface area contributed by atoms with Crippen LogP contribution in [0.4, 0.5) is 0 Å². The number of aromatic hydroxyl groups is 1. The Labute approximate surface area is 261 Å². The van der Waals surface area contributed by atoms with Gasteiger partial charge in [0, 0.05) is 32.0 Å². The van der Waals surface area contributed by atoms with Gasteiger partial charge in [0.25, 0.3) is 0 Å². The summed E-state index contributed by atoms with van der Waals surface area (Å²) in [6, 6.07) is 8.63. The van der Waals surface area contributed by atoms with Crippen LogP contribution in [0.2, 0.25) is 0 Å². The van der Waals surface area contributed by atoms with Crippen molar-refractivity contribution in [2.45, 2.75) is 144 Å². The van der Waals surface area contributed by atoms with Crippen LogP contribution in [-0.2, 0) is 31.2 Å². The normalized spacial score (nSPS) is 15.4. The van der Waals surface area contributed by atoms with Crippen molar-refractivity contribution in [1.82, 2.24) is 0 Å². The molecule has 0 heterocycles. The molecule has 0 aliphatic heterocycles. The fourth-order valence-electron chi connectivity index (χ4n) is 4.83. The van der Waals surface area contributed by atoms with E-state index in [2.05, 4.69) is 107 Å². The Kier molecular flexibility index (Phi) is 9.62. The van der Waals surface area contributed by atoms with Gasteiger partial charge in [-0.05, 0) is 58.8 Å². The second kappa shape index (κ2) is 11.8. The lowest BCUT2D eigenvalue weighted by Gasteiger charge is -2.31. The zero-order valence-corrected chi connectivity index (χ0v) is 29.2. The number of hydrogen-bond donors (Lipinski definition) is 2. The monoisotopic (exact) mass is 614 g/mol. The standard InChI is InChI=1S/C35H50O5S2/c1-31(2,3)23-17-21(18-24(29(23)39)32(4,5)6)41-35(15-16-35)42-22-19-25(33(7,8)9)30(26(20-22)34(10,11)12)40-28(38)14-13-27(36)37/h17-20,39H,13-16H2,1-12H3,(H,36,37). The van der Waals surface area contributed by atoms with Crippen molar-refractivity contribution in [3.05, 3.63) is 46.5 Å². The molecule has 0 spiro atoms. The number of ether oxygens (including phenoxy) is 1. The van der Waals surface area contributed by atoms with E-state index in [0.29, 0.717) is 11.5 Å². The Morgan fingerprint density at radius 3 is 1.36 bits per heavy atom. The number of carboxylic acids is 1. The van der Waals surface area contributed by atoms with Gasteiger partial charge in [-0.25, -0.2) is 0 Å². The average Bonchev–Trinajstić information content (AvgIpc) is 3.55. The molecule has 0 bridgehead atoms. The van der Waals surface area contributed by atoms with E-state index in [-0.39, 0.29) is 38.6 Å². The first kappa shape index (κ1) is 34.4. The highest BCUT2D eigenvalue weighted by molar-refractivity contribution is 8.18. The van der Waals surface area contributed by atoms with Crippen LogP contribution < -0.4 is 4.74 Å². The zero-order valence-electron chi connectivity index (χ0n) is 27.6. The maximum atomic E-state index is 12.7. The molecule has 0 atom stereocenters. The number of phenols is 1. The van der Waals surface area contributed by atoms with Crippen molar-refractivity contribution < 1.29 is 24.5 Å². The second-order valence-corrected chi connectivity index (χ2v) is 18.9. The summed E-state index contributed by atoms with van der Waals surface area (Å²) >= 11 is 3.75. The average molecular weight is 615 g/mol. The SMILES string of the molecule is CC(C)(C)c1cc(SC2(Sc3cc(C(C)(C)C)c(OC(=O)CCC(=O)O)c(C(C)(C)C)c3)CC2)cc(C(C)(C)C)c1O. The van der Waals surface area contributed by atoms with Gasteiger partial charge >= 0.3 is 11.9 Å². The first-order chi connectivity index (χ1) is 18.9. The first-order valence-electron chi connectivity index (χ1n) is 14.8. The molecule has 0 amide bonds. The maximum Gasteiger partial charge on any atom is 0.311 e. The molecule has 1 aliphatic carbocycles. The van der Waals surface area contributed by atoms with Crippen molar-refractivity contribution in [2.24, 2.45) is 0 Å². The summed E-state index contributed by atoms with van der Waals surface area (Å²) in [7, 11) is 0. The van der Waals surface area contributed by atoms with Gasteiger partial charge in [-0.1, -0.05) is 83.1 Å². The molecule has 2 aromatic rings. The number of thioether (sulfide) groups is 2. The number of phenolic OH excluding ortho intramolecular Hbond substituents is 1. The van der Waals surface area contributed by atoms with Crippen LogP contribution >= 0.6 is 23.5 Å². The molecule has 0 saturated heterocycles. The van der Waals surface area contributed by atoms with E-state index in [9.17, 15) is 14.7 Å². The van der Waals surface area contributed by atoms with Gasteiger partial charge in [-0.2, -0.15) is 0 Å². The fraction of sp³-hybridized carbons (Fsp3) is 0.600. The summed E-state index contributed by atoms with van der Waals surface area (Å²) in [6.45, 7) is 25.5. The topological polar surface area (TPSA) is 83.8 Å². The van der Waals surface area contributed by atoms with Gasteiger partial charge in [0.05, 0.1) is 16.9 Å². The van der Waals surface area contributed by atoms with Crippen LogP contribution in [0.3, 0.4) is 0 Å². The van der Waals surface area contributed by atoms with E-state index >= 15 is 0 Å². The van der Waals surface area contributed by atoms with E-state index in [1.807, 2.05) is 23.5 Å². The zero-order chi connectivity index (χ0) is 32.1. The molecule has 42 heavy (non-hydrogen) atoms. The highest BCUT2D eigenvalue weighted by Gasteiger charge is 2.46. The number of esters is 1. The molecule has 1 aliphatic rings. The van der Waals surface area contributed by atoms with Crippen LogP contribution in [0.1, 0.15) is 131 Å². The first-order valence-corrected chi connectivity index (χ1v) is 16.4. The number of rotatable bonds is 8. The van der Waals surface area contributed by atoms with Crippen molar-refractivity contribution in [3.8, 4) is 11.5 Å². The predicted molar refractivity (Wildman–Crippen MR) is 176 cm³/mol. The van der Waals surface area contributed by atoms with Gasteiger partial charge in [0.15, 0.2) is 0 Å². The molecule has 2 aromatic carbocycles. The van der Waals surface area contributed by atoms with Crippen LogP contribution in [-0.4, -0.2) is 26.2 Å². The van der Waals surface area contributed by atoms with Gasteiger partial charge in [-0.15, -0.1) is 23.5 Å². The number of carbonyl (C=O) groups is 2. The molecule has 0 aromatic heterocycles. The summed E-state index contributed by atoms with van der Waals surface area (Å²) in [6.07, 6.45) is 1.72. The minimum absolute atomic E-state index is 0.0225. The third-order valence-electron chi connectivity index (χ3n) is 7.40. The molecule has 1 saturated carbocycles. The van der Waals surface area contributed by atoms with Crippen LogP contribution in [0.25, 0.3) is 0 Å². The fourth-order valence-corrected chi connectivity index (χ4v) is 7.75. The third-order valence-corrected chi connectivity index (χ3v) is 10.4. The third kappa shape index (κ3) is 8.49. The van der Waals surface area contributed by atoms with Gasteiger partial charge in [0.1, 0.15) is 11.5 Å². The summed E-state index contributed by atoms with van der Waals surface area (Å²) in [5, 5.41) is 20.3. The molecule has 0 radical (unpaired) electrons. The Balaban J connectivity index is 2.05. The van der Waals surface area contributed by atoms with E-state index in [1.54, 1.807) is 0 Å². The van der Waals surface area contributed by atoms with E-state index < -0.39 is 11.9 Å². The summed E-state index contributed by atoms with van der Waals surface area (Å²) in [4.78, 5) is 26.1. The number of aliphatic carboxylic acids is 1. The molecule has 232 valence electrons. The minimum Gasteiger partial charge on any atom is -0.507 e. The van der Waals surface area contributed by atoms with E-state index in [4.69, 9.17) is 9.84 Å². The quantitative estimate of drug-likeness (QED) is 0.174. The van der Waals surface area contributed by atoms with E-state index in [0.717, 1.165) is 40.0 Å². The highest BCUT2D eigenvalue weighted by atomic mass is 32.2. The van der Waals surface area contributed by atoms with E-state index in [1.165, 1.54) is 4.90 Å². The Hall–Kier alpha value is -2.12. The lowest BCUT2D eigenvalue weighted by atomic mass is 9.79. The predicted octanol–water partition coefficient (Wildman–Crippen LogP) is 9.73. The van der Waals surface area contributed by atoms with Gasteiger partial charge < -0.3 is 14.9 Å². The highest BCUT2D eigenvalue weighted by Crippen LogP contribution is 2.63. The van der Waals surface area contributed by atoms with Crippen LogP contribution in [0, 0.1) is 0 Å². The Morgan fingerprint density at radius 1 is 0.690 bits per heavy atom. The van der Waals surface area contributed by atoms with Crippen molar-refractivity contribution in [3.63, 3.8) is 0 Å². The molecule has 1 fully saturated rings. The van der Waals surface area contributed by atoms with Crippen molar-refractivity contribution in [2.75, 3.05) is 0 Å². The van der Waals surface area contributed by atoms with Crippen LogP contribution in [0.15, 0.2) is 34.1 Å². The molecule has 7 heteroatoms. The molecule has 2 N–H and O–H groups in total. The lowest BCUT2D eigenvalue weighted by molar-refractivity contribution is -0.142. The molecule has 3 rings (SSSR count). The van der Waals surface area contributed by atoms with Crippen molar-refractivity contribution in [1.29, 1.82) is 0 Å². The number of benzene rings is 2.